The first-order valence-corrected chi connectivity index (χ1v) is 7.41. The summed E-state index contributed by atoms with van der Waals surface area (Å²) >= 11 is 0. The molecule has 0 spiro atoms. The maximum absolute atomic E-state index is 12.4. The van der Waals surface area contributed by atoms with E-state index in [4.69, 9.17) is 5.26 Å². The molecule has 0 amide bonds. The number of non-ortho nitro benzene ring substituents is 1. The summed E-state index contributed by atoms with van der Waals surface area (Å²) in [6.45, 7) is 3.51. The Morgan fingerprint density at radius 3 is 2.65 bits per heavy atom. The van der Waals surface area contributed by atoms with Crippen LogP contribution in [0.1, 0.15) is 13.8 Å². The molecule has 0 saturated heterocycles. The van der Waals surface area contributed by atoms with E-state index in [0.29, 0.717) is 0 Å². The smallest absolute Gasteiger partial charge is 0.258 e. The molecular weight excluding hydrogens is 282 g/mol. The van der Waals surface area contributed by atoms with Crippen LogP contribution in [-0.4, -0.2) is 30.7 Å². The molecule has 0 N–H and O–H groups in total. The number of hydrogen-bond acceptors (Lipinski definition) is 5. The Kier molecular flexibility index (Phi) is 5.19. The molecule has 108 valence electrons. The summed E-state index contributed by atoms with van der Waals surface area (Å²) in [5.41, 5.74) is -0.282. The molecule has 20 heavy (non-hydrogen) atoms. The lowest BCUT2D eigenvalue weighted by atomic mass is 10.2. The maximum Gasteiger partial charge on any atom is 0.270 e. The van der Waals surface area contributed by atoms with Crippen molar-refractivity contribution in [3.05, 3.63) is 34.4 Å². The molecule has 0 saturated carbocycles. The van der Waals surface area contributed by atoms with Crippen LogP contribution in [-0.2, 0) is 10.0 Å². The molecule has 0 radical (unpaired) electrons. The molecule has 0 bridgehead atoms. The number of nitro groups is 1. The number of benzene rings is 1. The third-order valence-corrected chi connectivity index (χ3v) is 4.65. The Labute approximate surface area is 117 Å². The van der Waals surface area contributed by atoms with E-state index in [1.807, 2.05) is 6.07 Å². The van der Waals surface area contributed by atoms with Crippen LogP contribution in [0.2, 0.25) is 0 Å². The molecule has 0 aliphatic carbocycles. The first-order chi connectivity index (χ1) is 9.32. The molecular formula is C12H15N3O4S. The summed E-state index contributed by atoms with van der Waals surface area (Å²) in [6.07, 6.45) is 0. The van der Waals surface area contributed by atoms with Gasteiger partial charge in [0.25, 0.3) is 5.69 Å². The van der Waals surface area contributed by atoms with Gasteiger partial charge in [-0.1, -0.05) is 13.0 Å². The highest BCUT2D eigenvalue weighted by Crippen LogP contribution is 2.21. The summed E-state index contributed by atoms with van der Waals surface area (Å²) in [7, 11) is -3.83. The first kappa shape index (κ1) is 16.1. The van der Waals surface area contributed by atoms with Gasteiger partial charge in [0.2, 0.25) is 10.0 Å². The van der Waals surface area contributed by atoms with E-state index >= 15 is 0 Å². The van der Waals surface area contributed by atoms with Crippen molar-refractivity contribution < 1.29 is 13.3 Å². The number of rotatable bonds is 6. The summed E-state index contributed by atoms with van der Waals surface area (Å²) in [5, 5.41) is 19.5. The van der Waals surface area contributed by atoms with Gasteiger partial charge in [0, 0.05) is 25.2 Å². The van der Waals surface area contributed by atoms with Crippen LogP contribution in [0.5, 0.6) is 0 Å². The number of nitrogens with zero attached hydrogens (tertiary/aromatic N) is 3. The molecule has 0 fully saturated rings. The van der Waals surface area contributed by atoms with Crippen molar-refractivity contribution >= 4 is 15.7 Å². The van der Waals surface area contributed by atoms with E-state index in [-0.39, 0.29) is 23.7 Å². The highest BCUT2D eigenvalue weighted by Gasteiger charge is 2.26. The molecule has 0 aliphatic heterocycles. The fourth-order valence-corrected chi connectivity index (χ4v) is 3.23. The van der Waals surface area contributed by atoms with Gasteiger partial charge in [-0.25, -0.2) is 8.42 Å². The van der Waals surface area contributed by atoms with Gasteiger partial charge in [-0.15, -0.1) is 0 Å². The quantitative estimate of drug-likeness (QED) is 0.587. The van der Waals surface area contributed by atoms with E-state index < -0.39 is 20.9 Å². The van der Waals surface area contributed by atoms with Crippen molar-refractivity contribution in [2.75, 3.05) is 13.1 Å². The third kappa shape index (κ3) is 3.53. The predicted octanol–water partition coefficient (Wildman–Crippen LogP) is 1.77. The molecule has 7 nitrogen and oxygen atoms in total. The van der Waals surface area contributed by atoms with Gasteiger partial charge in [0.1, 0.15) is 0 Å². The molecule has 8 heteroatoms. The van der Waals surface area contributed by atoms with Crippen LogP contribution in [0.3, 0.4) is 0 Å². The highest BCUT2D eigenvalue weighted by atomic mass is 32.2. The van der Waals surface area contributed by atoms with Crippen LogP contribution < -0.4 is 0 Å². The summed E-state index contributed by atoms with van der Waals surface area (Å²) < 4.78 is 25.9. The molecule has 1 rings (SSSR count). The zero-order chi connectivity index (χ0) is 15.3. The van der Waals surface area contributed by atoms with Gasteiger partial charge >= 0.3 is 0 Å². The standard InChI is InChI=1S/C12H15N3O4S/c1-3-14(9-10(2)8-13)20(18,19)12-6-4-5-11(7-12)15(16)17/h4-7,10H,3,9H2,1-2H3. The second-order valence-electron chi connectivity index (χ2n) is 4.24. The van der Waals surface area contributed by atoms with E-state index in [2.05, 4.69) is 0 Å². The van der Waals surface area contributed by atoms with Crippen LogP contribution >= 0.6 is 0 Å². The Morgan fingerprint density at radius 1 is 1.50 bits per heavy atom. The monoisotopic (exact) mass is 297 g/mol. The second-order valence-corrected chi connectivity index (χ2v) is 6.18. The Hall–Kier alpha value is -1.98. The van der Waals surface area contributed by atoms with Crippen LogP contribution in [0, 0.1) is 27.4 Å². The Bertz CT molecular complexity index is 636. The minimum atomic E-state index is -3.83. The third-order valence-electron chi connectivity index (χ3n) is 2.72. The topological polar surface area (TPSA) is 104 Å². The zero-order valence-electron chi connectivity index (χ0n) is 11.2. The number of nitro benzene ring substituents is 1. The number of sulfonamides is 1. The SMILES string of the molecule is CCN(CC(C)C#N)S(=O)(=O)c1cccc([N+](=O)[O-])c1. The number of nitriles is 1. The summed E-state index contributed by atoms with van der Waals surface area (Å²) in [6, 6.07) is 6.85. The minimum absolute atomic E-state index is 0.0536. The van der Waals surface area contributed by atoms with Gasteiger partial charge in [0.15, 0.2) is 0 Å². The first-order valence-electron chi connectivity index (χ1n) is 5.97. The normalized spacial score (nSPS) is 12.9. The van der Waals surface area contributed by atoms with Crippen molar-refractivity contribution in [3.8, 4) is 6.07 Å². The van der Waals surface area contributed by atoms with Crippen LogP contribution in [0.15, 0.2) is 29.2 Å². The predicted molar refractivity (Wildman–Crippen MR) is 72.3 cm³/mol. The fraction of sp³-hybridized carbons (Fsp3) is 0.417. The molecule has 0 aliphatic rings. The van der Waals surface area contributed by atoms with Crippen LogP contribution in [0.4, 0.5) is 5.69 Å². The maximum atomic E-state index is 12.4. The molecule has 1 aromatic rings. The summed E-state index contributed by atoms with van der Waals surface area (Å²) in [4.78, 5) is 9.91. The van der Waals surface area contributed by atoms with Crippen molar-refractivity contribution in [1.29, 1.82) is 5.26 Å². The highest BCUT2D eigenvalue weighted by molar-refractivity contribution is 7.89. The minimum Gasteiger partial charge on any atom is -0.258 e. The van der Waals surface area contributed by atoms with E-state index in [9.17, 15) is 18.5 Å². The van der Waals surface area contributed by atoms with Crippen molar-refractivity contribution in [1.82, 2.24) is 4.31 Å². The van der Waals surface area contributed by atoms with Crippen LogP contribution in [0.25, 0.3) is 0 Å². The Morgan fingerprint density at radius 2 is 2.15 bits per heavy atom. The van der Waals surface area contributed by atoms with E-state index in [1.165, 1.54) is 18.2 Å². The molecule has 0 aromatic heterocycles. The average molecular weight is 297 g/mol. The number of hydrogen-bond donors (Lipinski definition) is 0. The van der Waals surface area contributed by atoms with Gasteiger partial charge < -0.3 is 0 Å². The summed E-state index contributed by atoms with van der Waals surface area (Å²) in [5.74, 6) is -0.455. The van der Waals surface area contributed by atoms with Gasteiger partial charge in [-0.3, -0.25) is 10.1 Å². The van der Waals surface area contributed by atoms with Crippen molar-refractivity contribution in [3.63, 3.8) is 0 Å². The molecule has 1 aromatic carbocycles. The second kappa shape index (κ2) is 6.45. The van der Waals surface area contributed by atoms with E-state index in [1.54, 1.807) is 13.8 Å². The van der Waals surface area contributed by atoms with E-state index in [0.717, 1.165) is 10.4 Å². The van der Waals surface area contributed by atoms with Crippen molar-refractivity contribution in [2.45, 2.75) is 18.7 Å². The lowest BCUT2D eigenvalue weighted by Gasteiger charge is -2.21. The molecule has 1 atom stereocenters. The average Bonchev–Trinajstić information content (AvgIpc) is 2.44. The fourth-order valence-electron chi connectivity index (χ4n) is 1.65. The zero-order valence-corrected chi connectivity index (χ0v) is 12.0. The molecule has 1 unspecified atom stereocenters. The lowest BCUT2D eigenvalue weighted by molar-refractivity contribution is -0.385. The lowest BCUT2D eigenvalue weighted by Crippen LogP contribution is -2.34. The van der Waals surface area contributed by atoms with Crippen molar-refractivity contribution in [2.24, 2.45) is 5.92 Å². The Balaban J connectivity index is 3.17. The van der Waals surface area contributed by atoms with Gasteiger partial charge in [0.05, 0.1) is 21.8 Å². The van der Waals surface area contributed by atoms with Gasteiger partial charge in [-0.05, 0) is 13.0 Å². The van der Waals surface area contributed by atoms with Gasteiger partial charge in [-0.2, -0.15) is 9.57 Å². The molecule has 0 heterocycles. The largest absolute Gasteiger partial charge is 0.270 e.